The van der Waals surface area contributed by atoms with Gasteiger partial charge in [-0.25, -0.2) is 8.42 Å². The molecule has 0 atom stereocenters. The lowest BCUT2D eigenvalue weighted by Crippen LogP contribution is -2.37. The van der Waals surface area contributed by atoms with E-state index in [1.165, 1.54) is 32.4 Å². The van der Waals surface area contributed by atoms with E-state index >= 15 is 0 Å². The van der Waals surface area contributed by atoms with Crippen LogP contribution in [0.1, 0.15) is 5.56 Å². The summed E-state index contributed by atoms with van der Waals surface area (Å²) in [6, 6.07) is 8.12. The number of methoxy groups -OCH3 is 2. The van der Waals surface area contributed by atoms with Gasteiger partial charge in [0.05, 0.1) is 31.7 Å². The van der Waals surface area contributed by atoms with Gasteiger partial charge in [-0.05, 0) is 36.4 Å². The van der Waals surface area contributed by atoms with E-state index in [2.05, 4.69) is 5.32 Å². The van der Waals surface area contributed by atoms with Gasteiger partial charge in [0.2, 0.25) is 15.9 Å². The lowest BCUT2D eigenvalue weighted by atomic mass is 10.2. The first kappa shape index (κ1) is 22.3. The van der Waals surface area contributed by atoms with Gasteiger partial charge in [0, 0.05) is 11.8 Å². The molecule has 0 saturated heterocycles. The van der Waals surface area contributed by atoms with Crippen molar-refractivity contribution in [1.82, 2.24) is 0 Å². The summed E-state index contributed by atoms with van der Waals surface area (Å²) in [5, 5.41) is 2.38. The molecule has 2 aromatic rings. The second kappa shape index (κ2) is 8.60. The average Bonchev–Trinajstić information content (AvgIpc) is 2.64. The molecule has 1 amide bonds. The van der Waals surface area contributed by atoms with Crippen molar-refractivity contribution in [2.75, 3.05) is 36.6 Å². The topological polar surface area (TPSA) is 84.9 Å². The molecule has 2 aromatic carbocycles. The first-order chi connectivity index (χ1) is 13.5. The maximum Gasteiger partial charge on any atom is 0.416 e. The molecule has 0 aliphatic heterocycles. The summed E-state index contributed by atoms with van der Waals surface area (Å²) in [7, 11) is -1.05. The fourth-order valence-electron chi connectivity index (χ4n) is 2.45. The molecule has 1 N–H and O–H groups in total. The Kier molecular flexibility index (Phi) is 6.62. The van der Waals surface area contributed by atoms with E-state index in [-0.39, 0.29) is 17.1 Å². The molecule has 7 nitrogen and oxygen atoms in total. The number of benzene rings is 2. The maximum atomic E-state index is 12.6. The Bertz CT molecular complexity index is 976. The van der Waals surface area contributed by atoms with E-state index in [1.54, 1.807) is 0 Å². The van der Waals surface area contributed by atoms with E-state index < -0.39 is 34.2 Å². The quantitative estimate of drug-likeness (QED) is 0.727. The predicted molar refractivity (Wildman–Crippen MR) is 102 cm³/mol. The zero-order valence-corrected chi connectivity index (χ0v) is 16.6. The third-order valence-corrected chi connectivity index (χ3v) is 4.98. The molecule has 0 aliphatic rings. The molecule has 0 radical (unpaired) electrons. The number of halogens is 3. The highest BCUT2D eigenvalue weighted by molar-refractivity contribution is 7.92. The summed E-state index contributed by atoms with van der Waals surface area (Å²) in [4.78, 5) is 12.3. The molecule has 0 fully saturated rings. The third-order valence-electron chi connectivity index (χ3n) is 3.84. The van der Waals surface area contributed by atoms with Gasteiger partial charge in [0.25, 0.3) is 0 Å². The normalized spacial score (nSPS) is 11.7. The van der Waals surface area contributed by atoms with Crippen LogP contribution in [0.3, 0.4) is 0 Å². The van der Waals surface area contributed by atoms with E-state index in [1.807, 2.05) is 0 Å². The summed E-state index contributed by atoms with van der Waals surface area (Å²) in [6.07, 6.45) is -3.57. The number of hydrogen-bond donors (Lipinski definition) is 1. The Labute approximate surface area is 166 Å². The Balaban J connectivity index is 2.22. The number of anilines is 2. The van der Waals surface area contributed by atoms with Gasteiger partial charge < -0.3 is 14.8 Å². The van der Waals surface area contributed by atoms with Gasteiger partial charge in [-0.1, -0.05) is 0 Å². The van der Waals surface area contributed by atoms with Crippen LogP contribution in [-0.2, 0) is 21.0 Å². The van der Waals surface area contributed by atoms with Crippen LogP contribution in [0.5, 0.6) is 11.5 Å². The minimum absolute atomic E-state index is 0.101. The van der Waals surface area contributed by atoms with Crippen LogP contribution in [0.15, 0.2) is 42.5 Å². The Morgan fingerprint density at radius 2 is 1.62 bits per heavy atom. The molecule has 0 bridgehead atoms. The van der Waals surface area contributed by atoms with Crippen LogP contribution < -0.4 is 19.1 Å². The highest BCUT2D eigenvalue weighted by Gasteiger charge is 2.30. The van der Waals surface area contributed by atoms with Gasteiger partial charge in [-0.15, -0.1) is 0 Å². The number of alkyl halides is 3. The number of carbonyl (C=O) groups is 1. The van der Waals surface area contributed by atoms with E-state index in [4.69, 9.17) is 9.47 Å². The van der Waals surface area contributed by atoms with Crippen LogP contribution in [-0.4, -0.2) is 41.3 Å². The number of nitrogens with one attached hydrogen (secondary N) is 1. The largest absolute Gasteiger partial charge is 0.493 e. The van der Waals surface area contributed by atoms with Crippen molar-refractivity contribution in [2.45, 2.75) is 6.18 Å². The summed E-state index contributed by atoms with van der Waals surface area (Å²) in [6.45, 7) is -0.588. The fourth-order valence-corrected chi connectivity index (χ4v) is 3.30. The second-order valence-electron chi connectivity index (χ2n) is 5.93. The van der Waals surface area contributed by atoms with Gasteiger partial charge in [0.15, 0.2) is 11.5 Å². The van der Waals surface area contributed by atoms with Crippen LogP contribution >= 0.6 is 0 Å². The van der Waals surface area contributed by atoms with Gasteiger partial charge in [0.1, 0.15) is 6.54 Å². The minimum Gasteiger partial charge on any atom is -0.493 e. The first-order valence-electron chi connectivity index (χ1n) is 8.12. The molecule has 0 aromatic heterocycles. The van der Waals surface area contributed by atoms with E-state index in [0.29, 0.717) is 5.75 Å². The minimum atomic E-state index is -4.50. The van der Waals surface area contributed by atoms with Crippen molar-refractivity contribution >= 4 is 27.3 Å². The summed E-state index contributed by atoms with van der Waals surface area (Å²) in [5.74, 6) is -0.0920. The zero-order valence-electron chi connectivity index (χ0n) is 15.8. The van der Waals surface area contributed by atoms with Crippen LogP contribution in [0.2, 0.25) is 0 Å². The lowest BCUT2D eigenvalue weighted by Gasteiger charge is -2.23. The molecule has 11 heteroatoms. The van der Waals surface area contributed by atoms with Gasteiger partial charge in [-0.2, -0.15) is 13.2 Å². The Morgan fingerprint density at radius 1 is 1.03 bits per heavy atom. The Hall–Kier alpha value is -2.95. The van der Waals surface area contributed by atoms with Gasteiger partial charge >= 0.3 is 6.18 Å². The molecular formula is C18H19F3N2O5S. The standard InChI is InChI=1S/C18H19F3N2O5S/c1-27-15-9-8-14(10-16(15)28-2)23(29(3,25)26)11-17(24)22-13-6-4-12(5-7-13)18(19,20)21/h4-10H,11H2,1-3H3,(H,22,24). The lowest BCUT2D eigenvalue weighted by molar-refractivity contribution is -0.137. The van der Waals surface area contributed by atoms with Crippen LogP contribution in [0.4, 0.5) is 24.5 Å². The monoisotopic (exact) mass is 432 g/mol. The zero-order chi connectivity index (χ0) is 21.8. The molecule has 0 spiro atoms. The number of sulfonamides is 1. The first-order valence-corrected chi connectivity index (χ1v) is 9.97. The van der Waals surface area contributed by atoms with E-state index in [9.17, 15) is 26.4 Å². The predicted octanol–water partition coefficient (Wildman–Crippen LogP) is 3.13. The second-order valence-corrected chi connectivity index (χ2v) is 7.84. The van der Waals surface area contributed by atoms with Crippen molar-refractivity contribution < 1.29 is 35.9 Å². The fraction of sp³-hybridized carbons (Fsp3) is 0.278. The molecule has 0 saturated carbocycles. The molecule has 0 aliphatic carbocycles. The highest BCUT2D eigenvalue weighted by Crippen LogP contribution is 2.32. The smallest absolute Gasteiger partial charge is 0.416 e. The molecule has 0 unspecified atom stereocenters. The highest BCUT2D eigenvalue weighted by atomic mass is 32.2. The third kappa shape index (κ3) is 5.76. The number of rotatable bonds is 7. The van der Waals surface area contributed by atoms with E-state index in [0.717, 1.165) is 34.8 Å². The van der Waals surface area contributed by atoms with Crippen molar-refractivity contribution in [3.63, 3.8) is 0 Å². The molecular weight excluding hydrogens is 413 g/mol. The number of hydrogen-bond acceptors (Lipinski definition) is 5. The molecule has 158 valence electrons. The van der Waals surface area contributed by atoms with Crippen LogP contribution in [0.25, 0.3) is 0 Å². The SMILES string of the molecule is COc1ccc(N(CC(=O)Nc2ccc(C(F)(F)F)cc2)S(C)(=O)=O)cc1OC. The summed E-state index contributed by atoms with van der Waals surface area (Å²) < 4.78 is 73.3. The molecule has 29 heavy (non-hydrogen) atoms. The number of amides is 1. The summed E-state index contributed by atoms with van der Waals surface area (Å²) >= 11 is 0. The molecule has 2 rings (SSSR count). The Morgan fingerprint density at radius 3 is 2.10 bits per heavy atom. The van der Waals surface area contributed by atoms with Crippen molar-refractivity contribution in [3.05, 3.63) is 48.0 Å². The van der Waals surface area contributed by atoms with Crippen molar-refractivity contribution in [2.24, 2.45) is 0 Å². The maximum absolute atomic E-state index is 12.6. The molecule has 0 heterocycles. The van der Waals surface area contributed by atoms with Crippen molar-refractivity contribution in [1.29, 1.82) is 0 Å². The summed E-state index contributed by atoms with van der Waals surface area (Å²) in [5.41, 5.74) is -0.602. The van der Waals surface area contributed by atoms with Crippen molar-refractivity contribution in [3.8, 4) is 11.5 Å². The van der Waals surface area contributed by atoms with Crippen LogP contribution in [0, 0.1) is 0 Å². The average molecular weight is 432 g/mol. The number of nitrogens with zero attached hydrogens (tertiary/aromatic N) is 1. The number of ether oxygens (including phenoxy) is 2. The number of carbonyl (C=O) groups excluding carboxylic acids is 1. The van der Waals surface area contributed by atoms with Gasteiger partial charge in [-0.3, -0.25) is 9.10 Å².